The molecule has 2 N–H and O–H groups in total. The van der Waals surface area contributed by atoms with Gasteiger partial charge in [0.05, 0.1) is 0 Å². The Labute approximate surface area is 133 Å². The smallest absolute Gasteiger partial charge is 0.124 e. The van der Waals surface area contributed by atoms with Gasteiger partial charge in [0.2, 0.25) is 0 Å². The van der Waals surface area contributed by atoms with Crippen molar-refractivity contribution in [2.75, 3.05) is 0 Å². The van der Waals surface area contributed by atoms with Crippen molar-refractivity contribution < 1.29 is 4.74 Å². The van der Waals surface area contributed by atoms with Gasteiger partial charge in [-0.15, -0.1) is 12.4 Å². The predicted molar refractivity (Wildman–Crippen MR) is 90.8 cm³/mol. The summed E-state index contributed by atoms with van der Waals surface area (Å²) in [6.07, 6.45) is 0.964. The molecule has 1 atom stereocenters. The van der Waals surface area contributed by atoms with Crippen LogP contribution >= 0.6 is 12.4 Å². The molecule has 0 aromatic heterocycles. The Balaban J connectivity index is 0.00000220. The predicted octanol–water partition coefficient (Wildman–Crippen LogP) is 4.73. The lowest BCUT2D eigenvalue weighted by molar-refractivity contribution is 0.299. The highest BCUT2D eigenvalue weighted by Crippen LogP contribution is 2.28. The summed E-state index contributed by atoms with van der Waals surface area (Å²) in [5.41, 5.74) is 8.55. The quantitative estimate of drug-likeness (QED) is 0.837. The Hall–Kier alpha value is -1.51. The molecule has 2 rings (SSSR count). The Kier molecular flexibility index (Phi) is 7.27. The van der Waals surface area contributed by atoms with Gasteiger partial charge < -0.3 is 10.5 Å². The molecule has 0 amide bonds. The Bertz CT molecular complexity index is 528. The summed E-state index contributed by atoms with van der Waals surface area (Å²) < 4.78 is 5.95. The van der Waals surface area contributed by atoms with E-state index in [1.165, 1.54) is 5.56 Å². The van der Waals surface area contributed by atoms with Crippen molar-refractivity contribution in [3.8, 4) is 5.75 Å². The van der Waals surface area contributed by atoms with Gasteiger partial charge in [-0.25, -0.2) is 0 Å². The lowest BCUT2D eigenvalue weighted by Gasteiger charge is -2.18. The highest BCUT2D eigenvalue weighted by Gasteiger charge is 2.13. The lowest BCUT2D eigenvalue weighted by Crippen LogP contribution is -2.14. The molecule has 0 heterocycles. The molecule has 0 aliphatic heterocycles. The van der Waals surface area contributed by atoms with E-state index in [1.807, 2.05) is 36.4 Å². The zero-order chi connectivity index (χ0) is 14.4. The molecule has 2 aromatic carbocycles. The third kappa shape index (κ3) is 5.41. The van der Waals surface area contributed by atoms with Crippen LogP contribution in [0.25, 0.3) is 0 Å². The minimum absolute atomic E-state index is 0. The number of hydrogen-bond acceptors (Lipinski definition) is 2. The molecular formula is C18H24ClNO. The monoisotopic (exact) mass is 305 g/mol. The molecular weight excluding hydrogens is 282 g/mol. The van der Waals surface area contributed by atoms with Crippen molar-refractivity contribution in [2.24, 2.45) is 11.7 Å². The van der Waals surface area contributed by atoms with Crippen LogP contribution in [0.5, 0.6) is 5.75 Å². The van der Waals surface area contributed by atoms with Crippen LogP contribution in [0.3, 0.4) is 0 Å². The van der Waals surface area contributed by atoms with Crippen LogP contribution in [0.2, 0.25) is 0 Å². The maximum atomic E-state index is 6.29. The minimum Gasteiger partial charge on any atom is -0.489 e. The molecule has 0 aliphatic carbocycles. The second-order valence-corrected chi connectivity index (χ2v) is 5.55. The molecule has 0 fully saturated rings. The maximum absolute atomic E-state index is 6.29. The molecule has 0 spiro atoms. The van der Waals surface area contributed by atoms with Crippen molar-refractivity contribution >= 4 is 12.4 Å². The van der Waals surface area contributed by atoms with Crippen molar-refractivity contribution in [1.29, 1.82) is 0 Å². The van der Waals surface area contributed by atoms with E-state index in [0.29, 0.717) is 12.5 Å². The van der Waals surface area contributed by atoms with E-state index in [-0.39, 0.29) is 18.4 Å². The van der Waals surface area contributed by atoms with Crippen molar-refractivity contribution in [2.45, 2.75) is 32.9 Å². The fourth-order valence-corrected chi connectivity index (χ4v) is 2.29. The molecule has 3 heteroatoms. The summed E-state index contributed by atoms with van der Waals surface area (Å²) in [6.45, 7) is 4.95. The van der Waals surface area contributed by atoms with Crippen LogP contribution in [0.1, 0.15) is 37.4 Å². The molecule has 0 bridgehead atoms. The molecule has 2 nitrogen and oxygen atoms in total. The summed E-state index contributed by atoms with van der Waals surface area (Å²) in [7, 11) is 0. The van der Waals surface area contributed by atoms with Gasteiger partial charge in [0.1, 0.15) is 12.4 Å². The number of nitrogens with two attached hydrogens (primary N) is 1. The fourth-order valence-electron chi connectivity index (χ4n) is 2.29. The molecule has 2 aromatic rings. The molecule has 0 saturated carbocycles. The van der Waals surface area contributed by atoms with Crippen LogP contribution in [0.4, 0.5) is 0 Å². The summed E-state index contributed by atoms with van der Waals surface area (Å²) >= 11 is 0. The second kappa shape index (κ2) is 8.71. The Morgan fingerprint density at radius 2 is 1.57 bits per heavy atom. The van der Waals surface area contributed by atoms with E-state index in [1.54, 1.807) is 0 Å². The van der Waals surface area contributed by atoms with Gasteiger partial charge in [0.15, 0.2) is 0 Å². The van der Waals surface area contributed by atoms with Crippen LogP contribution in [0.15, 0.2) is 54.6 Å². The van der Waals surface area contributed by atoms with Gasteiger partial charge in [-0.3, -0.25) is 0 Å². The first-order valence-electron chi connectivity index (χ1n) is 7.18. The van der Waals surface area contributed by atoms with Gasteiger partial charge in [-0.05, 0) is 24.0 Å². The third-order valence-corrected chi connectivity index (χ3v) is 3.28. The third-order valence-electron chi connectivity index (χ3n) is 3.28. The minimum atomic E-state index is 0. The van der Waals surface area contributed by atoms with E-state index in [2.05, 4.69) is 32.0 Å². The van der Waals surface area contributed by atoms with Crippen LogP contribution in [-0.4, -0.2) is 0 Å². The van der Waals surface area contributed by atoms with E-state index >= 15 is 0 Å². The zero-order valence-electron chi connectivity index (χ0n) is 12.7. The normalized spacial score (nSPS) is 11.8. The first kappa shape index (κ1) is 17.5. The molecule has 21 heavy (non-hydrogen) atoms. The van der Waals surface area contributed by atoms with Gasteiger partial charge in [-0.1, -0.05) is 62.4 Å². The van der Waals surface area contributed by atoms with Crippen molar-refractivity contribution in [3.05, 3.63) is 65.7 Å². The topological polar surface area (TPSA) is 35.2 Å². The first-order chi connectivity index (χ1) is 9.66. The van der Waals surface area contributed by atoms with Gasteiger partial charge >= 0.3 is 0 Å². The van der Waals surface area contributed by atoms with E-state index in [9.17, 15) is 0 Å². The number of ether oxygens (including phenoxy) is 1. The molecule has 0 radical (unpaired) electrons. The second-order valence-electron chi connectivity index (χ2n) is 5.55. The highest BCUT2D eigenvalue weighted by molar-refractivity contribution is 5.85. The van der Waals surface area contributed by atoms with Crippen molar-refractivity contribution in [3.63, 3.8) is 0 Å². The van der Waals surface area contributed by atoms with Crippen LogP contribution in [-0.2, 0) is 6.61 Å². The number of halogens is 1. The van der Waals surface area contributed by atoms with E-state index < -0.39 is 0 Å². The van der Waals surface area contributed by atoms with Gasteiger partial charge in [-0.2, -0.15) is 0 Å². The summed E-state index contributed by atoms with van der Waals surface area (Å²) in [5, 5.41) is 0. The summed E-state index contributed by atoms with van der Waals surface area (Å²) in [4.78, 5) is 0. The van der Waals surface area contributed by atoms with Crippen LogP contribution < -0.4 is 10.5 Å². The standard InChI is InChI=1S/C18H23NO.ClH/c1-14(2)12-17(19)16-10-6-7-11-18(16)20-13-15-8-4-3-5-9-15;/h3-11,14,17H,12-13,19H2,1-2H3;1H/t17-;/m0./s1. The SMILES string of the molecule is CC(C)C[C@H](N)c1ccccc1OCc1ccccc1.Cl. The number of para-hydroxylation sites is 1. The lowest BCUT2D eigenvalue weighted by atomic mass is 9.97. The average molecular weight is 306 g/mol. The van der Waals surface area contributed by atoms with E-state index in [0.717, 1.165) is 17.7 Å². The Morgan fingerprint density at radius 1 is 0.952 bits per heavy atom. The molecule has 0 saturated heterocycles. The first-order valence-corrected chi connectivity index (χ1v) is 7.18. The number of hydrogen-bond donors (Lipinski definition) is 1. The highest BCUT2D eigenvalue weighted by atomic mass is 35.5. The van der Waals surface area contributed by atoms with Crippen LogP contribution in [0, 0.1) is 5.92 Å². The fraction of sp³-hybridized carbons (Fsp3) is 0.333. The zero-order valence-corrected chi connectivity index (χ0v) is 13.5. The Morgan fingerprint density at radius 3 is 2.24 bits per heavy atom. The molecule has 0 aliphatic rings. The number of benzene rings is 2. The molecule has 114 valence electrons. The largest absolute Gasteiger partial charge is 0.489 e. The molecule has 0 unspecified atom stereocenters. The van der Waals surface area contributed by atoms with Gasteiger partial charge in [0.25, 0.3) is 0 Å². The summed E-state index contributed by atoms with van der Waals surface area (Å²) in [5.74, 6) is 1.47. The van der Waals surface area contributed by atoms with Gasteiger partial charge in [0, 0.05) is 11.6 Å². The number of rotatable bonds is 6. The van der Waals surface area contributed by atoms with E-state index in [4.69, 9.17) is 10.5 Å². The van der Waals surface area contributed by atoms with Crippen molar-refractivity contribution in [1.82, 2.24) is 0 Å². The average Bonchev–Trinajstić information content (AvgIpc) is 2.46. The maximum Gasteiger partial charge on any atom is 0.124 e. The summed E-state index contributed by atoms with van der Waals surface area (Å²) in [6, 6.07) is 18.3.